The zero-order valence-electron chi connectivity index (χ0n) is 15.8. The Balaban J connectivity index is 1.80. The minimum atomic E-state index is -0.00677. The van der Waals surface area contributed by atoms with Crippen molar-refractivity contribution in [2.45, 2.75) is 26.2 Å². The summed E-state index contributed by atoms with van der Waals surface area (Å²) in [6.07, 6.45) is 0. The summed E-state index contributed by atoms with van der Waals surface area (Å²) >= 11 is 0. The Morgan fingerprint density at radius 1 is 0.593 bits per heavy atom. The van der Waals surface area contributed by atoms with Gasteiger partial charge < -0.3 is 4.42 Å². The number of hydrogen-bond acceptors (Lipinski definition) is 3. The first-order valence-corrected chi connectivity index (χ1v) is 9.12. The highest BCUT2D eigenvalue weighted by molar-refractivity contribution is 5.80. The zero-order chi connectivity index (χ0) is 18.9. The van der Waals surface area contributed by atoms with Crippen LogP contribution in [0.3, 0.4) is 0 Å². The highest BCUT2D eigenvalue weighted by atomic mass is 16.4. The number of benzene rings is 3. The maximum atomic E-state index is 6.13. The number of nitrogens with zero attached hydrogens (tertiary/aromatic N) is 2. The van der Waals surface area contributed by atoms with Crippen LogP contribution in [0.1, 0.15) is 26.3 Å². The zero-order valence-corrected chi connectivity index (χ0v) is 15.8. The molecule has 0 fully saturated rings. The van der Waals surface area contributed by atoms with Crippen molar-refractivity contribution in [1.29, 1.82) is 0 Å². The van der Waals surface area contributed by atoms with Crippen LogP contribution in [-0.2, 0) is 5.41 Å². The SMILES string of the molecule is CC(C)(C)c1ccccc1-c1nnc(-c2ccccc2-c2ccccc2)o1. The molecule has 0 unspecified atom stereocenters. The fourth-order valence-electron chi connectivity index (χ4n) is 3.30. The molecule has 0 saturated carbocycles. The summed E-state index contributed by atoms with van der Waals surface area (Å²) in [6, 6.07) is 26.6. The van der Waals surface area contributed by atoms with Crippen LogP contribution < -0.4 is 0 Å². The second kappa shape index (κ2) is 6.84. The standard InChI is InChI=1S/C24H22N2O/c1-24(2,3)21-16-10-9-15-20(21)23-26-25-22(27-23)19-14-8-7-13-18(19)17-11-5-4-6-12-17/h4-16H,1-3H3. The molecule has 0 aliphatic rings. The molecule has 0 bridgehead atoms. The molecule has 27 heavy (non-hydrogen) atoms. The van der Waals surface area contributed by atoms with Gasteiger partial charge in [0.25, 0.3) is 0 Å². The molecule has 3 heteroatoms. The second-order valence-corrected chi connectivity index (χ2v) is 7.62. The van der Waals surface area contributed by atoms with E-state index in [4.69, 9.17) is 4.42 Å². The van der Waals surface area contributed by atoms with Crippen LogP contribution >= 0.6 is 0 Å². The Morgan fingerprint density at radius 2 is 1.11 bits per heavy atom. The lowest BCUT2D eigenvalue weighted by molar-refractivity contribution is 0.567. The summed E-state index contributed by atoms with van der Waals surface area (Å²) in [7, 11) is 0. The van der Waals surface area contributed by atoms with Gasteiger partial charge in [-0.15, -0.1) is 10.2 Å². The van der Waals surface area contributed by atoms with Gasteiger partial charge in [-0.05, 0) is 34.2 Å². The predicted molar refractivity (Wildman–Crippen MR) is 109 cm³/mol. The highest BCUT2D eigenvalue weighted by Gasteiger charge is 2.22. The van der Waals surface area contributed by atoms with E-state index < -0.39 is 0 Å². The first-order chi connectivity index (χ1) is 13.0. The molecule has 1 heterocycles. The molecule has 1 aromatic heterocycles. The maximum absolute atomic E-state index is 6.13. The highest BCUT2D eigenvalue weighted by Crippen LogP contribution is 2.35. The smallest absolute Gasteiger partial charge is 0.248 e. The molecule has 0 spiro atoms. The largest absolute Gasteiger partial charge is 0.416 e. The van der Waals surface area contributed by atoms with Gasteiger partial charge in [-0.3, -0.25) is 0 Å². The number of hydrogen-bond donors (Lipinski definition) is 0. The quantitative estimate of drug-likeness (QED) is 0.429. The van der Waals surface area contributed by atoms with E-state index in [-0.39, 0.29) is 5.41 Å². The average molecular weight is 354 g/mol. The van der Waals surface area contributed by atoms with Gasteiger partial charge in [-0.2, -0.15) is 0 Å². The van der Waals surface area contributed by atoms with E-state index in [9.17, 15) is 0 Å². The molecule has 4 rings (SSSR count). The van der Waals surface area contributed by atoms with Gasteiger partial charge >= 0.3 is 0 Å². The topological polar surface area (TPSA) is 38.9 Å². The Kier molecular flexibility index (Phi) is 4.36. The molecular formula is C24H22N2O. The van der Waals surface area contributed by atoms with Gasteiger partial charge in [0, 0.05) is 11.1 Å². The van der Waals surface area contributed by atoms with E-state index in [0.29, 0.717) is 11.8 Å². The molecule has 4 aromatic rings. The van der Waals surface area contributed by atoms with Crippen molar-refractivity contribution in [3.05, 3.63) is 84.4 Å². The first kappa shape index (κ1) is 17.2. The Morgan fingerprint density at radius 3 is 1.78 bits per heavy atom. The van der Waals surface area contributed by atoms with Crippen LogP contribution in [0.5, 0.6) is 0 Å². The van der Waals surface area contributed by atoms with Crippen molar-refractivity contribution in [3.63, 3.8) is 0 Å². The third kappa shape index (κ3) is 3.41. The first-order valence-electron chi connectivity index (χ1n) is 9.12. The summed E-state index contributed by atoms with van der Waals surface area (Å²) in [4.78, 5) is 0. The van der Waals surface area contributed by atoms with E-state index in [2.05, 4.69) is 55.2 Å². The van der Waals surface area contributed by atoms with Crippen molar-refractivity contribution in [3.8, 4) is 34.0 Å². The predicted octanol–water partition coefficient (Wildman–Crippen LogP) is 6.37. The summed E-state index contributed by atoms with van der Waals surface area (Å²) in [5, 5.41) is 8.71. The van der Waals surface area contributed by atoms with Crippen LogP contribution in [0.25, 0.3) is 34.0 Å². The normalized spacial score (nSPS) is 11.5. The Bertz CT molecular complexity index is 1060. The number of rotatable bonds is 3. The lowest BCUT2D eigenvalue weighted by atomic mass is 9.84. The van der Waals surface area contributed by atoms with Gasteiger partial charge in [-0.25, -0.2) is 0 Å². The van der Waals surface area contributed by atoms with Crippen molar-refractivity contribution in [1.82, 2.24) is 10.2 Å². The number of aromatic nitrogens is 2. The van der Waals surface area contributed by atoms with Gasteiger partial charge in [0.05, 0.1) is 0 Å². The van der Waals surface area contributed by atoms with E-state index in [1.54, 1.807) is 0 Å². The van der Waals surface area contributed by atoms with Crippen molar-refractivity contribution in [2.24, 2.45) is 0 Å². The summed E-state index contributed by atoms with van der Waals surface area (Å²) in [6.45, 7) is 6.56. The van der Waals surface area contributed by atoms with Gasteiger partial charge in [0.1, 0.15) is 0 Å². The van der Waals surface area contributed by atoms with Crippen LogP contribution in [0.4, 0.5) is 0 Å². The molecular weight excluding hydrogens is 332 g/mol. The second-order valence-electron chi connectivity index (χ2n) is 7.62. The molecule has 0 aliphatic heterocycles. The molecule has 0 atom stereocenters. The summed E-state index contributed by atoms with van der Waals surface area (Å²) in [5.41, 5.74) is 5.32. The molecule has 3 nitrogen and oxygen atoms in total. The molecule has 0 radical (unpaired) electrons. The Hall–Kier alpha value is -3.20. The van der Waals surface area contributed by atoms with E-state index >= 15 is 0 Å². The Labute approximate surface area is 159 Å². The molecule has 134 valence electrons. The van der Waals surface area contributed by atoms with Crippen LogP contribution in [0.15, 0.2) is 83.3 Å². The van der Waals surface area contributed by atoms with Crippen LogP contribution in [-0.4, -0.2) is 10.2 Å². The maximum Gasteiger partial charge on any atom is 0.248 e. The van der Waals surface area contributed by atoms with Crippen LogP contribution in [0.2, 0.25) is 0 Å². The molecule has 0 saturated heterocycles. The third-order valence-electron chi connectivity index (χ3n) is 4.63. The van der Waals surface area contributed by atoms with Crippen molar-refractivity contribution < 1.29 is 4.42 Å². The summed E-state index contributed by atoms with van der Waals surface area (Å²) < 4.78 is 6.13. The van der Waals surface area contributed by atoms with E-state index in [1.165, 1.54) is 5.56 Å². The minimum Gasteiger partial charge on any atom is -0.416 e. The van der Waals surface area contributed by atoms with Crippen molar-refractivity contribution in [2.75, 3.05) is 0 Å². The lowest BCUT2D eigenvalue weighted by Gasteiger charge is -2.21. The molecule has 0 N–H and O–H groups in total. The molecule has 0 amide bonds. The lowest BCUT2D eigenvalue weighted by Crippen LogP contribution is -2.12. The van der Waals surface area contributed by atoms with Crippen molar-refractivity contribution >= 4 is 0 Å². The van der Waals surface area contributed by atoms with Gasteiger partial charge in [-0.1, -0.05) is 87.5 Å². The third-order valence-corrected chi connectivity index (χ3v) is 4.63. The fraction of sp³-hybridized carbons (Fsp3) is 0.167. The fourth-order valence-corrected chi connectivity index (χ4v) is 3.30. The molecule has 0 aliphatic carbocycles. The van der Waals surface area contributed by atoms with Gasteiger partial charge in [0.2, 0.25) is 11.8 Å². The minimum absolute atomic E-state index is 0.00677. The van der Waals surface area contributed by atoms with E-state index in [1.807, 2.05) is 54.6 Å². The average Bonchev–Trinajstić information content (AvgIpc) is 3.18. The van der Waals surface area contributed by atoms with Crippen LogP contribution in [0, 0.1) is 0 Å². The summed E-state index contributed by atoms with van der Waals surface area (Å²) in [5.74, 6) is 1.09. The van der Waals surface area contributed by atoms with Gasteiger partial charge in [0.15, 0.2) is 0 Å². The van der Waals surface area contributed by atoms with E-state index in [0.717, 1.165) is 22.3 Å². The molecule has 3 aromatic carbocycles. The monoisotopic (exact) mass is 354 g/mol.